The lowest BCUT2D eigenvalue weighted by atomic mass is 10.1. The lowest BCUT2D eigenvalue weighted by Crippen LogP contribution is -2.02. The zero-order chi connectivity index (χ0) is 14.9. The zero-order valence-corrected chi connectivity index (χ0v) is 11.7. The van der Waals surface area contributed by atoms with E-state index in [0.717, 1.165) is 16.7 Å². The summed E-state index contributed by atoms with van der Waals surface area (Å²) in [4.78, 5) is 11.2. The first-order valence-corrected chi connectivity index (χ1v) is 6.27. The Balaban J connectivity index is 2.48. The lowest BCUT2D eigenvalue weighted by molar-refractivity contribution is 0.0694. The molecule has 2 rings (SSSR count). The minimum atomic E-state index is -1.06. The van der Waals surface area contributed by atoms with Crippen LogP contribution in [0, 0.1) is 20.8 Å². The monoisotopic (exact) mass is 271 g/mol. The van der Waals surface area contributed by atoms with Crippen LogP contribution in [0.15, 0.2) is 30.3 Å². The summed E-state index contributed by atoms with van der Waals surface area (Å²) >= 11 is 0. The highest BCUT2D eigenvalue weighted by atomic mass is 16.5. The van der Waals surface area contributed by atoms with Gasteiger partial charge in [-0.2, -0.15) is 0 Å². The van der Waals surface area contributed by atoms with Gasteiger partial charge in [0.2, 0.25) is 0 Å². The van der Waals surface area contributed by atoms with Crippen LogP contribution in [0.1, 0.15) is 27.0 Å². The smallest absolute Gasteiger partial charge is 0.339 e. The molecule has 0 aliphatic carbocycles. The summed E-state index contributed by atoms with van der Waals surface area (Å²) in [6, 6.07) is 8.55. The van der Waals surface area contributed by atoms with Gasteiger partial charge in [-0.15, -0.1) is 0 Å². The van der Waals surface area contributed by atoms with Gasteiger partial charge in [0.05, 0.1) is 0 Å². The summed E-state index contributed by atoms with van der Waals surface area (Å²) in [5.41, 5.74) is 9.23. The minimum absolute atomic E-state index is 0.0589. The highest BCUT2D eigenvalue weighted by Crippen LogP contribution is 2.31. The Morgan fingerprint density at radius 1 is 1.10 bits per heavy atom. The highest BCUT2D eigenvalue weighted by molar-refractivity contribution is 5.92. The van der Waals surface area contributed by atoms with Crippen LogP contribution in [-0.4, -0.2) is 11.1 Å². The SMILES string of the molecule is Cc1cc(C)c(C)c(Oc2ccc(N)cc2C(=O)O)c1. The number of nitrogens with two attached hydrogens (primary N) is 1. The molecule has 0 amide bonds. The first-order chi connectivity index (χ1) is 9.38. The molecule has 0 unspecified atom stereocenters. The summed E-state index contributed by atoms with van der Waals surface area (Å²) in [5.74, 6) is -0.108. The van der Waals surface area contributed by atoms with E-state index in [2.05, 4.69) is 6.07 Å². The standard InChI is InChI=1S/C16H17NO3/c1-9-6-10(2)11(3)15(7-9)20-14-5-4-12(17)8-13(14)16(18)19/h4-8H,17H2,1-3H3,(H,18,19). The number of carboxylic acids is 1. The maximum atomic E-state index is 11.2. The number of nitrogen functional groups attached to an aromatic ring is 1. The fraction of sp³-hybridized carbons (Fsp3) is 0.188. The molecule has 4 nitrogen and oxygen atoms in total. The van der Waals surface area contributed by atoms with Crippen LogP contribution in [0.25, 0.3) is 0 Å². The molecule has 0 aliphatic heterocycles. The summed E-state index contributed by atoms with van der Waals surface area (Å²) in [6.07, 6.45) is 0. The van der Waals surface area contributed by atoms with E-state index in [1.807, 2.05) is 26.8 Å². The van der Waals surface area contributed by atoms with Crippen molar-refractivity contribution in [2.45, 2.75) is 20.8 Å². The molecule has 0 saturated carbocycles. The average molecular weight is 271 g/mol. The second kappa shape index (κ2) is 5.25. The molecular weight excluding hydrogens is 254 g/mol. The number of ether oxygens (including phenoxy) is 1. The second-order valence-electron chi connectivity index (χ2n) is 4.87. The Bertz CT molecular complexity index is 678. The van der Waals surface area contributed by atoms with Crippen molar-refractivity contribution < 1.29 is 14.6 Å². The van der Waals surface area contributed by atoms with Crippen molar-refractivity contribution in [3.8, 4) is 11.5 Å². The summed E-state index contributed by atoms with van der Waals surface area (Å²) in [6.45, 7) is 5.92. The number of carbonyl (C=O) groups is 1. The van der Waals surface area contributed by atoms with E-state index in [1.54, 1.807) is 12.1 Å². The van der Waals surface area contributed by atoms with Gasteiger partial charge in [0.25, 0.3) is 0 Å². The van der Waals surface area contributed by atoms with Gasteiger partial charge in [-0.25, -0.2) is 4.79 Å². The van der Waals surface area contributed by atoms with Crippen LogP contribution in [0.2, 0.25) is 0 Å². The van der Waals surface area contributed by atoms with Gasteiger partial charge in [0.1, 0.15) is 17.1 Å². The molecule has 3 N–H and O–H groups in total. The van der Waals surface area contributed by atoms with Gasteiger partial charge in [0.15, 0.2) is 0 Å². The molecule has 0 aromatic heterocycles. The van der Waals surface area contributed by atoms with E-state index in [9.17, 15) is 9.90 Å². The topological polar surface area (TPSA) is 72.5 Å². The number of hydrogen-bond acceptors (Lipinski definition) is 3. The molecule has 104 valence electrons. The number of hydrogen-bond donors (Lipinski definition) is 2. The van der Waals surface area contributed by atoms with E-state index < -0.39 is 5.97 Å². The third-order valence-corrected chi connectivity index (χ3v) is 3.22. The molecule has 2 aromatic rings. The van der Waals surface area contributed by atoms with E-state index in [4.69, 9.17) is 10.5 Å². The number of carboxylic acid groups (broad SMARTS) is 1. The van der Waals surface area contributed by atoms with Crippen molar-refractivity contribution in [1.29, 1.82) is 0 Å². The number of benzene rings is 2. The molecule has 4 heteroatoms. The number of aryl methyl sites for hydroxylation is 2. The second-order valence-corrected chi connectivity index (χ2v) is 4.87. The van der Waals surface area contributed by atoms with Crippen LogP contribution in [-0.2, 0) is 0 Å². The maximum absolute atomic E-state index is 11.2. The van der Waals surface area contributed by atoms with Crippen molar-refractivity contribution in [1.82, 2.24) is 0 Å². The fourth-order valence-corrected chi connectivity index (χ4v) is 2.03. The first-order valence-electron chi connectivity index (χ1n) is 6.27. The van der Waals surface area contributed by atoms with E-state index in [1.165, 1.54) is 6.07 Å². The minimum Gasteiger partial charge on any atom is -0.478 e. The quantitative estimate of drug-likeness (QED) is 0.835. The maximum Gasteiger partial charge on any atom is 0.339 e. The molecule has 0 spiro atoms. The Hall–Kier alpha value is -2.49. The summed E-state index contributed by atoms with van der Waals surface area (Å²) in [7, 11) is 0. The van der Waals surface area contributed by atoms with Crippen LogP contribution in [0.5, 0.6) is 11.5 Å². The Labute approximate surface area is 117 Å². The van der Waals surface area contributed by atoms with Crippen molar-refractivity contribution >= 4 is 11.7 Å². The predicted octanol–water partition coefficient (Wildman–Crippen LogP) is 3.68. The molecule has 0 atom stereocenters. The molecule has 0 bridgehead atoms. The van der Waals surface area contributed by atoms with E-state index in [-0.39, 0.29) is 5.56 Å². The van der Waals surface area contributed by atoms with Crippen LogP contribution in [0.3, 0.4) is 0 Å². The van der Waals surface area contributed by atoms with Gasteiger partial charge < -0.3 is 15.6 Å². The largest absolute Gasteiger partial charge is 0.478 e. The van der Waals surface area contributed by atoms with Crippen molar-refractivity contribution in [2.24, 2.45) is 0 Å². The van der Waals surface area contributed by atoms with Crippen LogP contribution in [0.4, 0.5) is 5.69 Å². The van der Waals surface area contributed by atoms with Crippen LogP contribution >= 0.6 is 0 Å². The Kier molecular flexibility index (Phi) is 3.66. The summed E-state index contributed by atoms with van der Waals surface area (Å²) < 4.78 is 5.78. The van der Waals surface area contributed by atoms with E-state index in [0.29, 0.717) is 17.2 Å². The highest BCUT2D eigenvalue weighted by Gasteiger charge is 2.14. The molecule has 0 aliphatic rings. The lowest BCUT2D eigenvalue weighted by Gasteiger charge is -2.14. The van der Waals surface area contributed by atoms with Gasteiger partial charge in [-0.3, -0.25) is 0 Å². The van der Waals surface area contributed by atoms with Gasteiger partial charge in [0, 0.05) is 5.69 Å². The van der Waals surface area contributed by atoms with Crippen molar-refractivity contribution in [2.75, 3.05) is 5.73 Å². The van der Waals surface area contributed by atoms with E-state index >= 15 is 0 Å². The number of rotatable bonds is 3. The molecule has 0 fully saturated rings. The molecule has 0 heterocycles. The van der Waals surface area contributed by atoms with Crippen LogP contribution < -0.4 is 10.5 Å². The molecule has 2 aromatic carbocycles. The molecular formula is C16H17NO3. The van der Waals surface area contributed by atoms with Gasteiger partial charge in [-0.05, 0) is 61.7 Å². The van der Waals surface area contributed by atoms with Crippen molar-refractivity contribution in [3.05, 3.63) is 52.6 Å². The molecule has 0 saturated heterocycles. The average Bonchev–Trinajstić information content (AvgIpc) is 2.37. The normalized spacial score (nSPS) is 10.3. The number of anilines is 1. The Morgan fingerprint density at radius 3 is 2.45 bits per heavy atom. The zero-order valence-electron chi connectivity index (χ0n) is 11.7. The third kappa shape index (κ3) is 2.74. The van der Waals surface area contributed by atoms with Crippen molar-refractivity contribution in [3.63, 3.8) is 0 Å². The third-order valence-electron chi connectivity index (χ3n) is 3.22. The fourth-order valence-electron chi connectivity index (χ4n) is 2.03. The van der Waals surface area contributed by atoms with Gasteiger partial charge in [-0.1, -0.05) is 6.07 Å². The first kappa shape index (κ1) is 13.9. The number of aromatic carboxylic acids is 1. The summed E-state index contributed by atoms with van der Waals surface area (Å²) in [5, 5.41) is 9.21. The Morgan fingerprint density at radius 2 is 1.80 bits per heavy atom. The predicted molar refractivity (Wildman–Crippen MR) is 78.5 cm³/mol. The molecule has 20 heavy (non-hydrogen) atoms. The molecule has 0 radical (unpaired) electrons. The van der Waals surface area contributed by atoms with Gasteiger partial charge >= 0.3 is 5.97 Å².